The molecule has 0 aromatic carbocycles. The molecule has 0 bridgehead atoms. The molecule has 0 radical (unpaired) electrons. The quantitative estimate of drug-likeness (QED) is 0.777. The second-order valence-corrected chi connectivity index (χ2v) is 4.36. The largest absolute Gasteiger partial charge is 0.286 e. The third-order valence-corrected chi connectivity index (χ3v) is 2.92. The third-order valence-electron chi connectivity index (χ3n) is 2.92. The smallest absolute Gasteiger partial charge is 0.111 e. The van der Waals surface area contributed by atoms with Crippen LogP contribution in [-0.2, 0) is 7.05 Å². The molecule has 0 aliphatic heterocycles. The first-order valence-electron chi connectivity index (χ1n) is 6.08. The third kappa shape index (κ3) is 2.47. The summed E-state index contributed by atoms with van der Waals surface area (Å²) < 4.78 is 1.78. The van der Waals surface area contributed by atoms with Gasteiger partial charge < -0.3 is 0 Å². The Morgan fingerprint density at radius 1 is 1.39 bits per heavy atom. The summed E-state index contributed by atoms with van der Waals surface area (Å²) in [5, 5.41) is 4.32. The van der Waals surface area contributed by atoms with Gasteiger partial charge in [-0.15, -0.1) is 0 Å². The maximum absolute atomic E-state index is 4.60. The number of nitrogens with zero attached hydrogens (tertiary/aromatic N) is 4. The highest BCUT2D eigenvalue weighted by molar-refractivity contribution is 6.08. The first kappa shape index (κ1) is 12.5. The lowest BCUT2D eigenvalue weighted by Gasteiger charge is -2.02. The molecule has 0 fully saturated rings. The summed E-state index contributed by atoms with van der Waals surface area (Å²) in [7, 11) is 3.70. The molecule has 2 aromatic heterocycles. The molecular formula is C14H18N4. The van der Waals surface area contributed by atoms with Gasteiger partial charge in [0.25, 0.3) is 0 Å². The van der Waals surface area contributed by atoms with Crippen molar-refractivity contribution in [3.8, 4) is 0 Å². The molecule has 4 heteroatoms. The predicted octanol–water partition coefficient (Wildman–Crippen LogP) is 2.74. The number of aliphatic imine (C=N–C) groups is 1. The van der Waals surface area contributed by atoms with Crippen LogP contribution in [0.2, 0.25) is 0 Å². The van der Waals surface area contributed by atoms with Gasteiger partial charge in [-0.3, -0.25) is 9.67 Å². The second kappa shape index (κ2) is 5.12. The molecular weight excluding hydrogens is 224 g/mol. The number of hydrogen-bond acceptors (Lipinski definition) is 3. The van der Waals surface area contributed by atoms with E-state index in [2.05, 4.69) is 35.0 Å². The predicted molar refractivity (Wildman–Crippen MR) is 75.0 cm³/mol. The van der Waals surface area contributed by atoms with Crippen molar-refractivity contribution in [3.05, 3.63) is 35.7 Å². The van der Waals surface area contributed by atoms with E-state index in [1.807, 2.05) is 25.4 Å². The van der Waals surface area contributed by atoms with Gasteiger partial charge in [-0.25, -0.2) is 4.98 Å². The highest BCUT2D eigenvalue weighted by Crippen LogP contribution is 2.12. The number of hydrogen-bond donors (Lipinski definition) is 0. The Balaban J connectivity index is 2.46. The first-order valence-corrected chi connectivity index (χ1v) is 6.08. The molecule has 0 atom stereocenters. The van der Waals surface area contributed by atoms with E-state index in [1.165, 1.54) is 5.57 Å². The van der Waals surface area contributed by atoms with E-state index in [9.17, 15) is 0 Å². The van der Waals surface area contributed by atoms with Crippen molar-refractivity contribution in [2.45, 2.75) is 20.3 Å². The zero-order valence-corrected chi connectivity index (χ0v) is 11.3. The van der Waals surface area contributed by atoms with Crippen LogP contribution in [0.4, 0.5) is 0 Å². The molecule has 2 rings (SSSR count). The van der Waals surface area contributed by atoms with Crippen molar-refractivity contribution < 1.29 is 0 Å². The van der Waals surface area contributed by atoms with Gasteiger partial charge in [0.15, 0.2) is 0 Å². The normalized spacial score (nSPS) is 13.3. The van der Waals surface area contributed by atoms with Gasteiger partial charge in [0.2, 0.25) is 0 Å². The topological polar surface area (TPSA) is 43.1 Å². The average Bonchev–Trinajstić information content (AvgIpc) is 2.74. The molecule has 0 aliphatic carbocycles. The minimum atomic E-state index is 0.894. The first-order chi connectivity index (χ1) is 8.63. The van der Waals surface area contributed by atoms with E-state index in [-0.39, 0.29) is 0 Å². The molecule has 0 saturated carbocycles. The summed E-state index contributed by atoms with van der Waals surface area (Å²) in [4.78, 5) is 8.91. The highest BCUT2D eigenvalue weighted by atomic mass is 15.3. The standard InChI is InChI=1S/C14H18N4/c1-5-10(2)8-13(15-3)11-6-7-12-14(16-11)9-18(4)17-12/h6-9H,5H2,1-4H3/b10-8-,15-13?. The van der Waals surface area contributed by atoms with Crippen molar-refractivity contribution in [3.63, 3.8) is 0 Å². The summed E-state index contributed by atoms with van der Waals surface area (Å²) >= 11 is 0. The Labute approximate surface area is 107 Å². The number of fused-ring (bicyclic) bond motifs is 1. The molecule has 0 aliphatic rings. The molecule has 0 amide bonds. The fraction of sp³-hybridized carbons (Fsp3) is 0.357. The van der Waals surface area contributed by atoms with Gasteiger partial charge in [0.1, 0.15) is 11.0 Å². The van der Waals surface area contributed by atoms with E-state index in [4.69, 9.17) is 0 Å². The van der Waals surface area contributed by atoms with Gasteiger partial charge >= 0.3 is 0 Å². The van der Waals surface area contributed by atoms with Gasteiger partial charge in [-0.05, 0) is 31.6 Å². The van der Waals surface area contributed by atoms with E-state index in [0.29, 0.717) is 0 Å². The maximum atomic E-state index is 4.60. The lowest BCUT2D eigenvalue weighted by Crippen LogP contribution is -2.01. The van der Waals surface area contributed by atoms with E-state index >= 15 is 0 Å². The number of aryl methyl sites for hydroxylation is 1. The molecule has 0 N–H and O–H groups in total. The van der Waals surface area contributed by atoms with Crippen LogP contribution in [0.1, 0.15) is 26.0 Å². The Morgan fingerprint density at radius 2 is 2.17 bits per heavy atom. The SMILES string of the molecule is CC/C(C)=C\C(=NC)c1ccc2nn(C)cc2n1. The highest BCUT2D eigenvalue weighted by Gasteiger charge is 2.05. The number of pyridine rings is 1. The zero-order chi connectivity index (χ0) is 13.1. The average molecular weight is 242 g/mol. The maximum Gasteiger partial charge on any atom is 0.111 e. The van der Waals surface area contributed by atoms with Gasteiger partial charge in [-0.2, -0.15) is 5.10 Å². The molecule has 0 unspecified atom stereocenters. The van der Waals surface area contributed by atoms with E-state index in [0.717, 1.165) is 28.9 Å². The van der Waals surface area contributed by atoms with Crippen molar-refractivity contribution in [1.82, 2.24) is 14.8 Å². The molecule has 0 saturated heterocycles. The lowest BCUT2D eigenvalue weighted by atomic mass is 10.1. The fourth-order valence-corrected chi connectivity index (χ4v) is 1.75. The van der Waals surface area contributed by atoms with Crippen LogP contribution in [0.3, 0.4) is 0 Å². The Hall–Kier alpha value is -1.97. The monoisotopic (exact) mass is 242 g/mol. The van der Waals surface area contributed by atoms with E-state index in [1.54, 1.807) is 11.7 Å². The molecule has 18 heavy (non-hydrogen) atoms. The van der Waals surface area contributed by atoms with Crippen LogP contribution < -0.4 is 0 Å². The van der Waals surface area contributed by atoms with Crippen LogP contribution in [0.25, 0.3) is 11.0 Å². The number of rotatable bonds is 3. The molecule has 4 nitrogen and oxygen atoms in total. The molecule has 2 heterocycles. The lowest BCUT2D eigenvalue weighted by molar-refractivity contribution is 0.779. The Morgan fingerprint density at radius 3 is 2.83 bits per heavy atom. The van der Waals surface area contributed by atoms with Crippen LogP contribution in [0.15, 0.2) is 35.0 Å². The summed E-state index contributed by atoms with van der Waals surface area (Å²) in [5.74, 6) is 0. The summed E-state index contributed by atoms with van der Waals surface area (Å²) in [6.07, 6.45) is 5.03. The minimum Gasteiger partial charge on any atom is -0.286 e. The number of aromatic nitrogens is 3. The van der Waals surface area contributed by atoms with Crippen molar-refractivity contribution in [2.75, 3.05) is 7.05 Å². The summed E-state index contributed by atoms with van der Waals surface area (Å²) in [6, 6.07) is 3.95. The van der Waals surface area contributed by atoms with Crippen LogP contribution in [0.5, 0.6) is 0 Å². The van der Waals surface area contributed by atoms with Gasteiger partial charge in [0, 0.05) is 14.1 Å². The summed E-state index contributed by atoms with van der Waals surface area (Å²) in [5.41, 5.74) is 4.92. The number of allylic oxidation sites excluding steroid dienone is 2. The van der Waals surface area contributed by atoms with Crippen molar-refractivity contribution in [2.24, 2.45) is 12.0 Å². The van der Waals surface area contributed by atoms with Crippen LogP contribution in [0, 0.1) is 0 Å². The van der Waals surface area contributed by atoms with Gasteiger partial charge in [0.05, 0.1) is 17.6 Å². The molecule has 94 valence electrons. The second-order valence-electron chi connectivity index (χ2n) is 4.36. The van der Waals surface area contributed by atoms with Gasteiger partial charge in [-0.1, -0.05) is 12.5 Å². The molecule has 0 spiro atoms. The molecule has 2 aromatic rings. The fourth-order valence-electron chi connectivity index (χ4n) is 1.75. The Kier molecular flexibility index (Phi) is 3.55. The Bertz CT molecular complexity index is 620. The van der Waals surface area contributed by atoms with Crippen molar-refractivity contribution in [1.29, 1.82) is 0 Å². The van der Waals surface area contributed by atoms with E-state index < -0.39 is 0 Å². The minimum absolute atomic E-state index is 0.894. The zero-order valence-electron chi connectivity index (χ0n) is 11.3. The van der Waals surface area contributed by atoms with Crippen LogP contribution in [-0.4, -0.2) is 27.5 Å². The van der Waals surface area contributed by atoms with Crippen molar-refractivity contribution >= 4 is 16.7 Å². The van der Waals surface area contributed by atoms with Crippen LogP contribution >= 0.6 is 0 Å². The summed E-state index contributed by atoms with van der Waals surface area (Å²) in [6.45, 7) is 4.24.